The van der Waals surface area contributed by atoms with Crippen LogP contribution in [0.25, 0.3) is 10.9 Å². The van der Waals surface area contributed by atoms with E-state index in [-0.39, 0.29) is 5.97 Å². The average Bonchev–Trinajstić information content (AvgIpc) is 2.70. The van der Waals surface area contributed by atoms with E-state index >= 15 is 0 Å². The van der Waals surface area contributed by atoms with Crippen molar-refractivity contribution in [1.29, 1.82) is 0 Å². The zero-order valence-electron chi connectivity index (χ0n) is 9.11. The third-order valence-corrected chi connectivity index (χ3v) is 2.88. The molecule has 0 bridgehead atoms. The van der Waals surface area contributed by atoms with Crippen LogP contribution in [-0.4, -0.2) is 10.5 Å². The Morgan fingerprint density at radius 2 is 2.12 bits per heavy atom. The Bertz CT molecular complexity index is 531. The van der Waals surface area contributed by atoms with Gasteiger partial charge in [-0.3, -0.25) is 0 Å². The number of carbonyl (C=O) groups excluding carboxylic acids is 1. The summed E-state index contributed by atoms with van der Waals surface area (Å²) in [7, 11) is 0. The van der Waals surface area contributed by atoms with Gasteiger partial charge in [-0.05, 0) is 38.1 Å². The van der Waals surface area contributed by atoms with Crippen molar-refractivity contribution in [2.75, 3.05) is 0 Å². The number of nitrogens with zero attached hydrogens (tertiary/aromatic N) is 1. The van der Waals surface area contributed by atoms with Gasteiger partial charge in [-0.15, -0.1) is 0 Å². The highest BCUT2D eigenvalue weighted by Crippen LogP contribution is 2.21. The van der Waals surface area contributed by atoms with Gasteiger partial charge in [0.2, 0.25) is 0 Å². The fourth-order valence-electron chi connectivity index (χ4n) is 1.79. The zero-order chi connectivity index (χ0) is 11.7. The number of carbonyl (C=O) groups is 1. The molecule has 0 aliphatic carbocycles. The molecule has 1 aromatic carbocycles. The summed E-state index contributed by atoms with van der Waals surface area (Å²) < 4.78 is 6.67. The molecule has 0 fully saturated rings. The molecular formula is C12H12BrNO2. The molecule has 0 amide bonds. The van der Waals surface area contributed by atoms with Gasteiger partial charge in [0.25, 0.3) is 0 Å². The summed E-state index contributed by atoms with van der Waals surface area (Å²) in [5.74, 6) is -0.376. The molecule has 0 saturated carbocycles. The predicted molar refractivity (Wildman–Crippen MR) is 66.7 cm³/mol. The molecule has 1 heterocycles. The van der Waals surface area contributed by atoms with Crippen molar-refractivity contribution in [3.63, 3.8) is 0 Å². The van der Waals surface area contributed by atoms with Crippen LogP contribution >= 0.6 is 16.3 Å². The number of fused-ring (bicyclic) bond motifs is 1. The van der Waals surface area contributed by atoms with E-state index in [9.17, 15) is 4.79 Å². The van der Waals surface area contributed by atoms with E-state index < -0.39 is 0 Å². The number of hydrogen-bond acceptors (Lipinski definition) is 2. The van der Waals surface area contributed by atoms with Crippen molar-refractivity contribution in [2.24, 2.45) is 0 Å². The fraction of sp³-hybridized carbons (Fsp3) is 0.250. The first-order valence-corrected chi connectivity index (χ1v) is 5.71. The number of hydrogen-bond donors (Lipinski definition) is 0. The van der Waals surface area contributed by atoms with Gasteiger partial charge in [-0.25, -0.2) is 4.79 Å². The molecule has 0 saturated heterocycles. The van der Waals surface area contributed by atoms with Crippen molar-refractivity contribution in [3.05, 3.63) is 36.0 Å². The van der Waals surface area contributed by atoms with Gasteiger partial charge in [0.05, 0.1) is 5.56 Å². The standard InChI is InChI=1S/C12H12BrNO2/c1-8(2)14-6-5-9-7-10(12(15)16-13)3-4-11(9)14/h3-8H,1-2H3. The first kappa shape index (κ1) is 11.2. The van der Waals surface area contributed by atoms with E-state index in [1.165, 1.54) is 0 Å². The number of aromatic nitrogens is 1. The quantitative estimate of drug-likeness (QED) is 0.841. The molecule has 3 nitrogen and oxygen atoms in total. The predicted octanol–water partition coefficient (Wildman–Crippen LogP) is 3.69. The molecule has 84 valence electrons. The minimum Gasteiger partial charge on any atom is -0.380 e. The van der Waals surface area contributed by atoms with E-state index in [0.717, 1.165) is 10.9 Å². The SMILES string of the molecule is CC(C)n1ccc2cc(C(=O)OBr)ccc21. The lowest BCUT2D eigenvalue weighted by atomic mass is 10.1. The van der Waals surface area contributed by atoms with E-state index in [2.05, 4.69) is 38.5 Å². The van der Waals surface area contributed by atoms with Crippen LogP contribution in [0.4, 0.5) is 0 Å². The molecular weight excluding hydrogens is 270 g/mol. The average molecular weight is 282 g/mol. The maximum atomic E-state index is 11.3. The lowest BCUT2D eigenvalue weighted by molar-refractivity contribution is 0.0782. The van der Waals surface area contributed by atoms with Crippen LogP contribution in [0.1, 0.15) is 30.2 Å². The van der Waals surface area contributed by atoms with E-state index in [0.29, 0.717) is 11.6 Å². The van der Waals surface area contributed by atoms with Crippen LogP contribution in [0.5, 0.6) is 0 Å². The first-order chi connectivity index (χ1) is 7.63. The van der Waals surface area contributed by atoms with Crippen LogP contribution in [0.3, 0.4) is 0 Å². The summed E-state index contributed by atoms with van der Waals surface area (Å²) in [5, 5.41) is 1.05. The Hall–Kier alpha value is -1.29. The largest absolute Gasteiger partial charge is 0.380 e. The van der Waals surface area contributed by atoms with Gasteiger partial charge < -0.3 is 8.40 Å². The van der Waals surface area contributed by atoms with E-state index in [1.807, 2.05) is 24.4 Å². The first-order valence-electron chi connectivity index (χ1n) is 5.07. The van der Waals surface area contributed by atoms with E-state index in [1.54, 1.807) is 6.07 Å². The summed E-state index contributed by atoms with van der Waals surface area (Å²) >= 11 is 2.69. The maximum Gasteiger partial charge on any atom is 0.349 e. The second-order valence-electron chi connectivity index (χ2n) is 3.95. The molecule has 2 aromatic rings. The summed E-state index contributed by atoms with van der Waals surface area (Å²) in [4.78, 5) is 11.3. The molecule has 0 radical (unpaired) electrons. The highest BCUT2D eigenvalue weighted by Gasteiger charge is 2.09. The van der Waals surface area contributed by atoms with Gasteiger partial charge >= 0.3 is 5.97 Å². The Balaban J connectivity index is 2.53. The lowest BCUT2D eigenvalue weighted by Crippen LogP contribution is -1.99. The smallest absolute Gasteiger partial charge is 0.349 e. The molecule has 1 aromatic heterocycles. The van der Waals surface area contributed by atoms with Gasteiger partial charge in [0.1, 0.15) is 0 Å². The fourth-order valence-corrected chi connectivity index (χ4v) is 1.97. The van der Waals surface area contributed by atoms with Gasteiger partial charge in [-0.1, -0.05) is 0 Å². The molecule has 2 rings (SSSR count). The van der Waals surface area contributed by atoms with Gasteiger partial charge in [-0.2, -0.15) is 0 Å². The van der Waals surface area contributed by atoms with E-state index in [4.69, 9.17) is 0 Å². The minimum atomic E-state index is -0.376. The Kier molecular flexibility index (Phi) is 3.01. The Morgan fingerprint density at radius 1 is 1.38 bits per heavy atom. The Labute approximate surface area is 102 Å². The molecule has 16 heavy (non-hydrogen) atoms. The highest BCUT2D eigenvalue weighted by molar-refractivity contribution is 9.06. The molecule has 0 spiro atoms. The van der Waals surface area contributed by atoms with Crippen molar-refractivity contribution >= 4 is 33.1 Å². The summed E-state index contributed by atoms with van der Waals surface area (Å²) in [6, 6.07) is 7.95. The monoisotopic (exact) mass is 281 g/mol. The molecule has 0 unspecified atom stereocenters. The second-order valence-corrected chi connectivity index (χ2v) is 4.28. The summed E-state index contributed by atoms with van der Waals surface area (Å²) in [6.07, 6.45) is 2.03. The summed E-state index contributed by atoms with van der Waals surface area (Å²) in [5.41, 5.74) is 1.67. The van der Waals surface area contributed by atoms with Crippen LogP contribution in [0, 0.1) is 0 Å². The van der Waals surface area contributed by atoms with Crippen molar-refractivity contribution in [2.45, 2.75) is 19.9 Å². The lowest BCUT2D eigenvalue weighted by Gasteiger charge is -2.09. The topological polar surface area (TPSA) is 31.2 Å². The van der Waals surface area contributed by atoms with Gasteiger partial charge in [0.15, 0.2) is 16.3 Å². The highest BCUT2D eigenvalue weighted by atomic mass is 79.9. The second kappa shape index (κ2) is 4.29. The van der Waals surface area contributed by atoms with Crippen LogP contribution in [-0.2, 0) is 3.83 Å². The number of rotatable bonds is 2. The third-order valence-electron chi connectivity index (χ3n) is 2.58. The van der Waals surface area contributed by atoms with Crippen molar-refractivity contribution < 1.29 is 8.62 Å². The number of benzene rings is 1. The molecule has 0 aliphatic rings. The molecule has 0 atom stereocenters. The van der Waals surface area contributed by atoms with Crippen LogP contribution in [0.15, 0.2) is 30.5 Å². The Morgan fingerprint density at radius 3 is 2.75 bits per heavy atom. The number of halogens is 1. The van der Waals surface area contributed by atoms with Crippen LogP contribution < -0.4 is 0 Å². The van der Waals surface area contributed by atoms with Gasteiger partial charge in [0, 0.05) is 23.1 Å². The normalized spacial score (nSPS) is 11.0. The molecule has 4 heteroatoms. The molecule has 0 N–H and O–H groups in total. The zero-order valence-corrected chi connectivity index (χ0v) is 10.7. The molecule has 0 aliphatic heterocycles. The minimum absolute atomic E-state index is 0.376. The maximum absolute atomic E-state index is 11.3. The third kappa shape index (κ3) is 1.85. The summed E-state index contributed by atoms with van der Waals surface area (Å²) in [6.45, 7) is 4.25. The van der Waals surface area contributed by atoms with Crippen LogP contribution in [0.2, 0.25) is 0 Å². The van der Waals surface area contributed by atoms with Crippen molar-refractivity contribution in [3.8, 4) is 0 Å². The van der Waals surface area contributed by atoms with Crippen molar-refractivity contribution in [1.82, 2.24) is 4.57 Å².